The van der Waals surface area contributed by atoms with Gasteiger partial charge in [0.15, 0.2) is 0 Å². The van der Waals surface area contributed by atoms with Gasteiger partial charge in [0.2, 0.25) is 15.9 Å². The number of amides is 1. The van der Waals surface area contributed by atoms with E-state index in [1.54, 1.807) is 30.2 Å². The van der Waals surface area contributed by atoms with Crippen molar-refractivity contribution in [2.75, 3.05) is 18.6 Å². The molecule has 0 aliphatic carbocycles. The van der Waals surface area contributed by atoms with Gasteiger partial charge < -0.3 is 9.64 Å². The second-order valence-corrected chi connectivity index (χ2v) is 8.74. The van der Waals surface area contributed by atoms with Crippen LogP contribution in [0.15, 0.2) is 41.3 Å². The number of hydrogen-bond acceptors (Lipinski definition) is 4. The highest BCUT2D eigenvalue weighted by atomic mass is 32.2. The number of anilines is 1. The lowest BCUT2D eigenvalue weighted by atomic mass is 9.97. The topological polar surface area (TPSA) is 75.7 Å². The third-order valence-corrected chi connectivity index (χ3v) is 6.73. The second kappa shape index (κ2) is 6.65. The van der Waals surface area contributed by atoms with E-state index in [-0.39, 0.29) is 23.3 Å². The molecule has 1 amide bonds. The zero-order valence-corrected chi connectivity index (χ0v) is 16.2. The number of nitrogens with one attached hydrogen (secondary N) is 1. The number of carbonyl (C=O) groups excluding carboxylic acids is 1. The molecule has 1 atom stereocenters. The Morgan fingerprint density at radius 1 is 1.26 bits per heavy atom. The van der Waals surface area contributed by atoms with Crippen LogP contribution in [0.3, 0.4) is 0 Å². The average molecular weight is 386 g/mol. The number of carbonyl (C=O) groups is 1. The summed E-state index contributed by atoms with van der Waals surface area (Å²) in [5.41, 5.74) is 3.44. The quantitative estimate of drug-likeness (QED) is 0.857. The van der Waals surface area contributed by atoms with Crippen LogP contribution in [0.25, 0.3) is 0 Å². The molecule has 0 bridgehead atoms. The Kier molecular flexibility index (Phi) is 4.44. The van der Waals surface area contributed by atoms with Gasteiger partial charge in [0.05, 0.1) is 23.6 Å². The fourth-order valence-electron chi connectivity index (χ4n) is 3.93. The zero-order valence-electron chi connectivity index (χ0n) is 15.4. The lowest BCUT2D eigenvalue weighted by molar-refractivity contribution is -0.119. The molecule has 2 aliphatic heterocycles. The van der Waals surface area contributed by atoms with Crippen LogP contribution in [0.2, 0.25) is 0 Å². The molecule has 142 valence electrons. The molecule has 6 nitrogen and oxygen atoms in total. The maximum absolute atomic E-state index is 12.9. The van der Waals surface area contributed by atoms with Crippen molar-refractivity contribution in [1.29, 1.82) is 0 Å². The van der Waals surface area contributed by atoms with Crippen molar-refractivity contribution in [3.05, 3.63) is 53.1 Å². The predicted molar refractivity (Wildman–Crippen MR) is 103 cm³/mol. The molecule has 2 heterocycles. The van der Waals surface area contributed by atoms with Crippen LogP contribution in [-0.2, 0) is 27.8 Å². The monoisotopic (exact) mass is 386 g/mol. The molecule has 0 aromatic heterocycles. The first-order valence-electron chi connectivity index (χ1n) is 9.02. The minimum atomic E-state index is -3.71. The fraction of sp³-hybridized carbons (Fsp3) is 0.350. The molecule has 0 fully saturated rings. The number of nitrogens with zero attached hydrogens (tertiary/aromatic N) is 1. The molecule has 7 heteroatoms. The Morgan fingerprint density at radius 2 is 2.04 bits per heavy atom. The third kappa shape index (κ3) is 3.00. The van der Waals surface area contributed by atoms with Gasteiger partial charge in [-0.25, -0.2) is 13.1 Å². The van der Waals surface area contributed by atoms with E-state index in [1.807, 2.05) is 25.1 Å². The van der Waals surface area contributed by atoms with Crippen LogP contribution < -0.4 is 14.4 Å². The Bertz CT molecular complexity index is 1020. The van der Waals surface area contributed by atoms with Crippen LogP contribution in [0.4, 0.5) is 5.69 Å². The highest BCUT2D eigenvalue weighted by molar-refractivity contribution is 7.89. The van der Waals surface area contributed by atoms with Crippen molar-refractivity contribution in [2.45, 2.75) is 37.1 Å². The summed E-state index contributed by atoms with van der Waals surface area (Å²) in [6, 6.07) is 10.7. The first-order chi connectivity index (χ1) is 12.9. The molecule has 27 heavy (non-hydrogen) atoms. The van der Waals surface area contributed by atoms with Gasteiger partial charge in [0.1, 0.15) is 5.75 Å². The number of aryl methyl sites for hydroxylation is 1. The summed E-state index contributed by atoms with van der Waals surface area (Å²) >= 11 is 0. The van der Waals surface area contributed by atoms with Crippen molar-refractivity contribution in [3.63, 3.8) is 0 Å². The minimum Gasteiger partial charge on any atom is -0.496 e. The number of para-hydroxylation sites is 1. The summed E-state index contributed by atoms with van der Waals surface area (Å²) in [5, 5.41) is 0. The molecule has 0 radical (unpaired) electrons. The summed E-state index contributed by atoms with van der Waals surface area (Å²) in [5.74, 6) is 0.391. The Labute approximate surface area is 159 Å². The largest absolute Gasteiger partial charge is 0.496 e. The smallest absolute Gasteiger partial charge is 0.240 e. The van der Waals surface area contributed by atoms with Gasteiger partial charge >= 0.3 is 0 Å². The minimum absolute atomic E-state index is 0.0579. The van der Waals surface area contributed by atoms with Crippen LogP contribution >= 0.6 is 0 Å². The maximum Gasteiger partial charge on any atom is 0.240 e. The molecule has 0 saturated heterocycles. The highest BCUT2D eigenvalue weighted by Gasteiger charge is 2.38. The Balaban J connectivity index is 1.66. The highest BCUT2D eigenvalue weighted by Crippen LogP contribution is 2.43. The summed E-state index contributed by atoms with van der Waals surface area (Å²) < 4.78 is 33.8. The van der Waals surface area contributed by atoms with Crippen LogP contribution in [0.5, 0.6) is 5.75 Å². The average Bonchev–Trinajstić information content (AvgIpc) is 2.93. The molecule has 2 aromatic rings. The van der Waals surface area contributed by atoms with E-state index in [4.69, 9.17) is 4.74 Å². The van der Waals surface area contributed by atoms with Crippen LogP contribution in [0.1, 0.15) is 36.0 Å². The van der Waals surface area contributed by atoms with Gasteiger partial charge in [-0.1, -0.05) is 18.2 Å². The molecule has 0 saturated carbocycles. The van der Waals surface area contributed by atoms with E-state index in [0.717, 1.165) is 35.2 Å². The van der Waals surface area contributed by atoms with Gasteiger partial charge in [-0.2, -0.15) is 0 Å². The third-order valence-electron chi connectivity index (χ3n) is 5.35. The molecule has 4 rings (SSSR count). The van der Waals surface area contributed by atoms with Gasteiger partial charge in [-0.05, 0) is 49.1 Å². The standard InChI is InChI=1S/C20H22N2O4S/c1-13-17-11-16(10-14-7-5-9-22(19(14)17)20(13)23)27(24,25)21-12-15-6-3-4-8-18(15)26-2/h3-4,6,8,10-11,13,21H,5,7,9,12H2,1-2H3/t13-/m0/s1. The Hall–Kier alpha value is -2.38. The van der Waals surface area contributed by atoms with Crippen molar-refractivity contribution >= 4 is 21.6 Å². The van der Waals surface area contributed by atoms with Crippen LogP contribution in [0, 0.1) is 0 Å². The summed E-state index contributed by atoms with van der Waals surface area (Å²) in [6.07, 6.45) is 1.64. The fourth-order valence-corrected chi connectivity index (χ4v) is 5.02. The first kappa shape index (κ1) is 18.0. The summed E-state index contributed by atoms with van der Waals surface area (Å²) in [7, 11) is -2.15. The van der Waals surface area contributed by atoms with E-state index < -0.39 is 10.0 Å². The summed E-state index contributed by atoms with van der Waals surface area (Å²) in [4.78, 5) is 14.5. The van der Waals surface area contributed by atoms with Gasteiger partial charge in [-0.3, -0.25) is 4.79 Å². The number of rotatable bonds is 5. The number of methoxy groups -OCH3 is 1. The van der Waals surface area contributed by atoms with Gasteiger partial charge in [0, 0.05) is 18.7 Å². The molecule has 0 unspecified atom stereocenters. The lowest BCUT2D eigenvalue weighted by Gasteiger charge is -2.26. The normalized spacial score (nSPS) is 18.5. The van der Waals surface area contributed by atoms with Gasteiger partial charge in [0.25, 0.3) is 0 Å². The predicted octanol–water partition coefficient (Wildman–Crippen LogP) is 2.57. The molecule has 1 N–H and O–H groups in total. The number of hydrogen-bond donors (Lipinski definition) is 1. The van der Waals surface area contributed by atoms with Crippen molar-refractivity contribution < 1.29 is 17.9 Å². The number of ether oxygens (including phenoxy) is 1. The summed E-state index contributed by atoms with van der Waals surface area (Å²) in [6.45, 7) is 2.69. The number of benzene rings is 2. The zero-order chi connectivity index (χ0) is 19.2. The molecular weight excluding hydrogens is 364 g/mol. The first-order valence-corrected chi connectivity index (χ1v) is 10.5. The molecule has 0 spiro atoms. The Morgan fingerprint density at radius 3 is 2.81 bits per heavy atom. The van der Waals surface area contributed by atoms with Crippen LogP contribution in [-0.4, -0.2) is 28.0 Å². The maximum atomic E-state index is 12.9. The lowest BCUT2D eigenvalue weighted by Crippen LogP contribution is -2.32. The van der Waals surface area contributed by atoms with Gasteiger partial charge in [-0.15, -0.1) is 0 Å². The SMILES string of the molecule is COc1ccccc1CNS(=O)(=O)c1cc2c3c(c1)[C@H](C)C(=O)N3CCC2. The molecular formula is C20H22N2O4S. The van der Waals surface area contributed by atoms with E-state index in [0.29, 0.717) is 12.3 Å². The van der Waals surface area contributed by atoms with E-state index >= 15 is 0 Å². The van der Waals surface area contributed by atoms with Crippen molar-refractivity contribution in [3.8, 4) is 5.75 Å². The number of sulfonamides is 1. The molecule has 2 aromatic carbocycles. The van der Waals surface area contributed by atoms with E-state index in [2.05, 4.69) is 4.72 Å². The second-order valence-electron chi connectivity index (χ2n) is 6.97. The van der Waals surface area contributed by atoms with E-state index in [9.17, 15) is 13.2 Å². The van der Waals surface area contributed by atoms with Crippen molar-refractivity contribution in [2.24, 2.45) is 0 Å². The van der Waals surface area contributed by atoms with Crippen molar-refractivity contribution in [1.82, 2.24) is 4.72 Å². The van der Waals surface area contributed by atoms with E-state index in [1.165, 1.54) is 0 Å². The molecule has 2 aliphatic rings.